The van der Waals surface area contributed by atoms with Crippen molar-refractivity contribution in [3.05, 3.63) is 53.2 Å². The van der Waals surface area contributed by atoms with E-state index in [4.69, 9.17) is 5.26 Å². The SMILES string of the molecule is Cc1ccc(C#N)c(Nc2cccc(C(C)C)c2)n1. The first-order chi connectivity index (χ1) is 9.10. The molecule has 3 heteroatoms. The van der Waals surface area contributed by atoms with Crippen LogP contribution >= 0.6 is 0 Å². The van der Waals surface area contributed by atoms with Crippen molar-refractivity contribution < 1.29 is 0 Å². The van der Waals surface area contributed by atoms with Gasteiger partial charge in [-0.05, 0) is 42.7 Å². The summed E-state index contributed by atoms with van der Waals surface area (Å²) >= 11 is 0. The second kappa shape index (κ2) is 5.53. The van der Waals surface area contributed by atoms with Crippen LogP contribution in [0.15, 0.2) is 36.4 Å². The third kappa shape index (κ3) is 3.11. The molecule has 1 aromatic heterocycles. The normalized spacial score (nSPS) is 10.3. The number of anilines is 2. The fraction of sp³-hybridized carbons (Fsp3) is 0.250. The van der Waals surface area contributed by atoms with Crippen LogP contribution in [-0.2, 0) is 0 Å². The summed E-state index contributed by atoms with van der Waals surface area (Å²) in [6.07, 6.45) is 0. The second-order valence-corrected chi connectivity index (χ2v) is 4.87. The third-order valence-electron chi connectivity index (χ3n) is 2.97. The Hall–Kier alpha value is -2.34. The van der Waals surface area contributed by atoms with E-state index in [1.54, 1.807) is 6.07 Å². The number of hydrogen-bond donors (Lipinski definition) is 1. The lowest BCUT2D eigenvalue weighted by atomic mass is 10.0. The van der Waals surface area contributed by atoms with Crippen LogP contribution in [0.2, 0.25) is 0 Å². The van der Waals surface area contributed by atoms with Gasteiger partial charge in [0, 0.05) is 11.4 Å². The summed E-state index contributed by atoms with van der Waals surface area (Å²) in [6.45, 7) is 6.23. The standard InChI is InChI=1S/C16H17N3/c1-11(2)13-5-4-6-15(9-13)19-16-14(10-17)8-7-12(3)18-16/h4-9,11H,1-3H3,(H,18,19). The van der Waals surface area contributed by atoms with Crippen LogP contribution in [0.5, 0.6) is 0 Å². The van der Waals surface area contributed by atoms with E-state index >= 15 is 0 Å². The fourth-order valence-electron chi connectivity index (χ4n) is 1.85. The molecular weight excluding hydrogens is 234 g/mol. The van der Waals surface area contributed by atoms with Gasteiger partial charge in [0.2, 0.25) is 0 Å². The van der Waals surface area contributed by atoms with Crippen molar-refractivity contribution in [2.75, 3.05) is 5.32 Å². The van der Waals surface area contributed by atoms with Gasteiger partial charge in [0.15, 0.2) is 0 Å². The van der Waals surface area contributed by atoms with Crippen LogP contribution in [0, 0.1) is 18.3 Å². The van der Waals surface area contributed by atoms with Crippen LogP contribution < -0.4 is 5.32 Å². The van der Waals surface area contributed by atoms with E-state index in [2.05, 4.69) is 42.4 Å². The van der Waals surface area contributed by atoms with E-state index in [0.717, 1.165) is 11.4 Å². The first-order valence-corrected chi connectivity index (χ1v) is 6.35. The maximum Gasteiger partial charge on any atom is 0.148 e. The zero-order valence-electron chi connectivity index (χ0n) is 11.4. The van der Waals surface area contributed by atoms with Gasteiger partial charge in [-0.3, -0.25) is 0 Å². The molecule has 96 valence electrons. The molecular formula is C16H17N3. The minimum absolute atomic E-state index is 0.475. The number of aryl methyl sites for hydroxylation is 1. The highest BCUT2D eigenvalue weighted by atomic mass is 15.0. The summed E-state index contributed by atoms with van der Waals surface area (Å²) in [5.74, 6) is 1.09. The number of rotatable bonds is 3. The molecule has 2 rings (SSSR count). The molecule has 19 heavy (non-hydrogen) atoms. The number of nitrogens with zero attached hydrogens (tertiary/aromatic N) is 2. The summed E-state index contributed by atoms with van der Waals surface area (Å²) < 4.78 is 0. The average molecular weight is 251 g/mol. The Morgan fingerprint density at radius 1 is 1.21 bits per heavy atom. The van der Waals surface area contributed by atoms with Crippen molar-refractivity contribution in [1.82, 2.24) is 4.98 Å². The maximum atomic E-state index is 9.10. The molecule has 1 heterocycles. The number of hydrogen-bond acceptors (Lipinski definition) is 3. The van der Waals surface area contributed by atoms with E-state index in [-0.39, 0.29) is 0 Å². The Bertz CT molecular complexity index is 624. The van der Waals surface area contributed by atoms with Gasteiger partial charge in [0.05, 0.1) is 5.56 Å². The Labute approximate surface area is 113 Å². The van der Waals surface area contributed by atoms with Crippen molar-refractivity contribution >= 4 is 11.5 Å². The highest BCUT2D eigenvalue weighted by Gasteiger charge is 2.06. The molecule has 0 spiro atoms. The number of pyridine rings is 1. The summed E-state index contributed by atoms with van der Waals surface area (Å²) in [5.41, 5.74) is 3.67. The van der Waals surface area contributed by atoms with E-state index in [1.807, 2.05) is 25.1 Å². The predicted octanol–water partition coefficient (Wildman–Crippen LogP) is 4.13. The minimum Gasteiger partial charge on any atom is -0.339 e. The van der Waals surface area contributed by atoms with Crippen molar-refractivity contribution in [2.45, 2.75) is 26.7 Å². The van der Waals surface area contributed by atoms with Crippen molar-refractivity contribution in [3.8, 4) is 6.07 Å². The molecule has 0 saturated carbocycles. The van der Waals surface area contributed by atoms with Crippen LogP contribution in [0.25, 0.3) is 0 Å². The van der Waals surface area contributed by atoms with Gasteiger partial charge in [0.1, 0.15) is 11.9 Å². The molecule has 0 atom stereocenters. The Kier molecular flexibility index (Phi) is 3.82. The lowest BCUT2D eigenvalue weighted by Gasteiger charge is -2.11. The number of aromatic nitrogens is 1. The minimum atomic E-state index is 0.475. The maximum absolute atomic E-state index is 9.10. The van der Waals surface area contributed by atoms with Crippen molar-refractivity contribution in [2.24, 2.45) is 0 Å². The smallest absolute Gasteiger partial charge is 0.148 e. The Morgan fingerprint density at radius 3 is 2.68 bits per heavy atom. The summed E-state index contributed by atoms with van der Waals surface area (Å²) in [7, 11) is 0. The van der Waals surface area contributed by atoms with Gasteiger partial charge >= 0.3 is 0 Å². The highest BCUT2D eigenvalue weighted by molar-refractivity contribution is 5.63. The first-order valence-electron chi connectivity index (χ1n) is 6.35. The molecule has 0 bridgehead atoms. The zero-order chi connectivity index (χ0) is 13.8. The van der Waals surface area contributed by atoms with Gasteiger partial charge in [-0.1, -0.05) is 26.0 Å². The fourth-order valence-corrected chi connectivity index (χ4v) is 1.85. The zero-order valence-corrected chi connectivity index (χ0v) is 11.4. The Morgan fingerprint density at radius 2 is 2.00 bits per heavy atom. The van der Waals surface area contributed by atoms with Crippen molar-refractivity contribution in [1.29, 1.82) is 5.26 Å². The van der Waals surface area contributed by atoms with Gasteiger partial charge in [-0.25, -0.2) is 4.98 Å². The van der Waals surface area contributed by atoms with Crippen molar-refractivity contribution in [3.63, 3.8) is 0 Å². The lowest BCUT2D eigenvalue weighted by molar-refractivity contribution is 0.867. The number of benzene rings is 1. The molecule has 0 radical (unpaired) electrons. The van der Waals surface area contributed by atoms with E-state index < -0.39 is 0 Å². The predicted molar refractivity (Wildman–Crippen MR) is 77.5 cm³/mol. The molecule has 0 aliphatic heterocycles. The summed E-state index contributed by atoms with van der Waals surface area (Å²) in [5, 5.41) is 12.3. The monoisotopic (exact) mass is 251 g/mol. The van der Waals surface area contributed by atoms with Gasteiger partial charge in [-0.15, -0.1) is 0 Å². The van der Waals surface area contributed by atoms with Gasteiger partial charge in [-0.2, -0.15) is 5.26 Å². The second-order valence-electron chi connectivity index (χ2n) is 4.87. The number of nitrogens with one attached hydrogen (secondary N) is 1. The topological polar surface area (TPSA) is 48.7 Å². The van der Waals surface area contributed by atoms with E-state index in [1.165, 1.54) is 5.56 Å². The third-order valence-corrected chi connectivity index (χ3v) is 2.97. The van der Waals surface area contributed by atoms with Crippen LogP contribution in [0.3, 0.4) is 0 Å². The molecule has 0 fully saturated rings. The average Bonchev–Trinajstić information content (AvgIpc) is 2.39. The van der Waals surface area contributed by atoms with Crippen LogP contribution in [0.1, 0.15) is 36.6 Å². The molecule has 3 nitrogen and oxygen atoms in total. The summed E-state index contributed by atoms with van der Waals surface area (Å²) in [6, 6.07) is 14.0. The van der Waals surface area contributed by atoms with Gasteiger partial charge in [0.25, 0.3) is 0 Å². The largest absolute Gasteiger partial charge is 0.339 e. The molecule has 0 aliphatic rings. The van der Waals surface area contributed by atoms with E-state index in [9.17, 15) is 0 Å². The Balaban J connectivity index is 2.33. The molecule has 0 aliphatic carbocycles. The number of nitriles is 1. The lowest BCUT2D eigenvalue weighted by Crippen LogP contribution is -1.99. The van der Waals surface area contributed by atoms with Gasteiger partial charge < -0.3 is 5.32 Å². The summed E-state index contributed by atoms with van der Waals surface area (Å²) in [4.78, 5) is 4.38. The van der Waals surface area contributed by atoms with E-state index in [0.29, 0.717) is 17.3 Å². The molecule has 0 saturated heterocycles. The molecule has 1 aromatic carbocycles. The molecule has 0 amide bonds. The highest BCUT2D eigenvalue weighted by Crippen LogP contribution is 2.22. The molecule has 1 N–H and O–H groups in total. The first kappa shape index (κ1) is 13.1. The molecule has 0 unspecified atom stereocenters. The van der Waals surface area contributed by atoms with Crippen LogP contribution in [0.4, 0.5) is 11.5 Å². The molecule has 2 aromatic rings. The quantitative estimate of drug-likeness (QED) is 0.892. The van der Waals surface area contributed by atoms with Crippen LogP contribution in [-0.4, -0.2) is 4.98 Å².